The Hall–Kier alpha value is -4.59. The highest BCUT2D eigenvalue weighted by Crippen LogP contribution is 2.16. The standard InChI is InChI=1S/C23H17N3O5/c27-22(15-10-17-6-2-1-3-7-17)31-21-9-5-4-8-19(21)16-24-25-23(28)18-11-13-20(14-12-18)26(29)30/h1-16H,(H,25,28)/b15-10+,24-16-. The monoisotopic (exact) mass is 415 g/mol. The quantitative estimate of drug-likeness (QED) is 0.157. The summed E-state index contributed by atoms with van der Waals surface area (Å²) >= 11 is 0. The molecule has 8 nitrogen and oxygen atoms in total. The van der Waals surface area contributed by atoms with Crippen LogP contribution in [0.1, 0.15) is 21.5 Å². The number of rotatable bonds is 7. The highest BCUT2D eigenvalue weighted by Gasteiger charge is 2.09. The third kappa shape index (κ3) is 6.20. The molecule has 3 rings (SSSR count). The average molecular weight is 415 g/mol. The molecule has 0 bridgehead atoms. The zero-order chi connectivity index (χ0) is 22.1. The number of benzene rings is 3. The van der Waals surface area contributed by atoms with Crippen LogP contribution in [0.5, 0.6) is 5.75 Å². The molecule has 0 spiro atoms. The molecule has 31 heavy (non-hydrogen) atoms. The van der Waals surface area contributed by atoms with Gasteiger partial charge in [0.2, 0.25) is 0 Å². The van der Waals surface area contributed by atoms with Gasteiger partial charge in [-0.05, 0) is 35.9 Å². The van der Waals surface area contributed by atoms with Crippen molar-refractivity contribution < 1.29 is 19.2 Å². The van der Waals surface area contributed by atoms with E-state index in [9.17, 15) is 19.7 Å². The molecule has 8 heteroatoms. The molecular formula is C23H17N3O5. The van der Waals surface area contributed by atoms with Crippen molar-refractivity contribution >= 4 is 29.9 Å². The number of esters is 1. The molecule has 0 aliphatic carbocycles. The molecule has 0 aliphatic heterocycles. The number of carbonyl (C=O) groups excluding carboxylic acids is 2. The molecular weight excluding hydrogens is 398 g/mol. The molecule has 0 fully saturated rings. The molecule has 0 atom stereocenters. The van der Waals surface area contributed by atoms with Crippen LogP contribution in [-0.2, 0) is 4.79 Å². The molecule has 154 valence electrons. The summed E-state index contributed by atoms with van der Waals surface area (Å²) in [6.07, 6.45) is 4.30. The van der Waals surface area contributed by atoms with Gasteiger partial charge in [0.1, 0.15) is 5.75 Å². The summed E-state index contributed by atoms with van der Waals surface area (Å²) in [5.74, 6) is -0.815. The lowest BCUT2D eigenvalue weighted by Crippen LogP contribution is -2.17. The smallest absolute Gasteiger partial charge is 0.336 e. The Bertz CT molecular complexity index is 1140. The average Bonchev–Trinajstić information content (AvgIpc) is 2.79. The van der Waals surface area contributed by atoms with Gasteiger partial charge < -0.3 is 4.74 Å². The molecule has 1 N–H and O–H groups in total. The Morgan fingerprint density at radius 2 is 1.61 bits per heavy atom. The zero-order valence-electron chi connectivity index (χ0n) is 16.2. The van der Waals surface area contributed by atoms with Crippen LogP contribution in [0.2, 0.25) is 0 Å². The van der Waals surface area contributed by atoms with Crippen LogP contribution < -0.4 is 10.2 Å². The molecule has 0 radical (unpaired) electrons. The van der Waals surface area contributed by atoms with E-state index in [-0.39, 0.29) is 17.0 Å². The number of hydrazone groups is 1. The van der Waals surface area contributed by atoms with Gasteiger partial charge in [-0.1, -0.05) is 42.5 Å². The van der Waals surface area contributed by atoms with Crippen LogP contribution >= 0.6 is 0 Å². The number of nitrogens with one attached hydrogen (secondary N) is 1. The number of ether oxygens (including phenoxy) is 1. The van der Waals surface area contributed by atoms with E-state index in [4.69, 9.17) is 4.74 Å². The van der Waals surface area contributed by atoms with Gasteiger partial charge in [0.25, 0.3) is 11.6 Å². The second-order valence-corrected chi connectivity index (χ2v) is 6.21. The van der Waals surface area contributed by atoms with Crippen LogP contribution in [0.15, 0.2) is 90.0 Å². The van der Waals surface area contributed by atoms with Gasteiger partial charge in [-0.15, -0.1) is 0 Å². The van der Waals surface area contributed by atoms with Gasteiger partial charge >= 0.3 is 5.97 Å². The summed E-state index contributed by atoms with van der Waals surface area (Å²) in [6, 6.07) is 21.2. The van der Waals surface area contributed by atoms with E-state index in [0.717, 1.165) is 5.56 Å². The number of nitro groups is 1. The van der Waals surface area contributed by atoms with E-state index >= 15 is 0 Å². The summed E-state index contributed by atoms with van der Waals surface area (Å²) in [5.41, 5.74) is 3.78. The topological polar surface area (TPSA) is 111 Å². The number of non-ortho nitro benzene ring substituents is 1. The first-order valence-electron chi connectivity index (χ1n) is 9.15. The maximum Gasteiger partial charge on any atom is 0.336 e. The molecule has 1 amide bonds. The molecule has 0 heterocycles. The fourth-order valence-electron chi connectivity index (χ4n) is 2.51. The molecule has 0 saturated heterocycles. The SMILES string of the molecule is O=C(/C=C/c1ccccc1)Oc1ccccc1/C=N\NC(=O)c1ccc([N+](=O)[O-])cc1. The van der Waals surface area contributed by atoms with Crippen LogP contribution in [0, 0.1) is 10.1 Å². The number of nitro benzene ring substituents is 1. The maximum absolute atomic E-state index is 12.1. The normalized spacial score (nSPS) is 10.8. The van der Waals surface area contributed by atoms with Crippen molar-refractivity contribution in [3.8, 4) is 5.75 Å². The summed E-state index contributed by atoms with van der Waals surface area (Å²) < 4.78 is 5.35. The molecule has 0 aliphatic rings. The van der Waals surface area contributed by atoms with Crippen LogP contribution in [0.4, 0.5) is 5.69 Å². The van der Waals surface area contributed by atoms with Gasteiger partial charge in [-0.25, -0.2) is 10.2 Å². The van der Waals surface area contributed by atoms with Crippen molar-refractivity contribution in [2.75, 3.05) is 0 Å². The second kappa shape index (κ2) is 10.3. The largest absolute Gasteiger partial charge is 0.423 e. The summed E-state index contributed by atoms with van der Waals surface area (Å²) in [5, 5.41) is 14.5. The predicted molar refractivity (Wildman–Crippen MR) is 116 cm³/mol. The minimum absolute atomic E-state index is 0.114. The lowest BCUT2D eigenvalue weighted by Gasteiger charge is -2.05. The van der Waals surface area contributed by atoms with Crippen molar-refractivity contribution in [2.45, 2.75) is 0 Å². The minimum Gasteiger partial charge on any atom is -0.423 e. The second-order valence-electron chi connectivity index (χ2n) is 6.21. The van der Waals surface area contributed by atoms with Crippen molar-refractivity contribution in [1.29, 1.82) is 0 Å². The van der Waals surface area contributed by atoms with E-state index in [0.29, 0.717) is 5.56 Å². The van der Waals surface area contributed by atoms with E-state index < -0.39 is 16.8 Å². The number of nitrogens with zero attached hydrogens (tertiary/aromatic N) is 2. The minimum atomic E-state index is -0.556. The van der Waals surface area contributed by atoms with Crippen LogP contribution in [-0.4, -0.2) is 23.0 Å². The number of amides is 1. The summed E-state index contributed by atoms with van der Waals surface area (Å²) in [7, 11) is 0. The lowest BCUT2D eigenvalue weighted by atomic mass is 10.2. The van der Waals surface area contributed by atoms with Crippen molar-refractivity contribution in [1.82, 2.24) is 5.43 Å². The zero-order valence-corrected chi connectivity index (χ0v) is 16.2. The maximum atomic E-state index is 12.1. The number of hydrogen-bond donors (Lipinski definition) is 1. The molecule has 0 unspecified atom stereocenters. The fraction of sp³-hybridized carbons (Fsp3) is 0. The van der Waals surface area contributed by atoms with Gasteiger partial charge in [0, 0.05) is 29.3 Å². The van der Waals surface area contributed by atoms with Gasteiger partial charge in [-0.3, -0.25) is 14.9 Å². The summed E-state index contributed by atoms with van der Waals surface area (Å²) in [4.78, 5) is 34.3. The van der Waals surface area contributed by atoms with E-state index in [2.05, 4.69) is 10.5 Å². The summed E-state index contributed by atoms with van der Waals surface area (Å²) in [6.45, 7) is 0. The first-order valence-corrected chi connectivity index (χ1v) is 9.15. The van der Waals surface area contributed by atoms with Crippen LogP contribution in [0.3, 0.4) is 0 Å². The number of hydrogen-bond acceptors (Lipinski definition) is 6. The van der Waals surface area contributed by atoms with Crippen molar-refractivity contribution in [3.63, 3.8) is 0 Å². The lowest BCUT2D eigenvalue weighted by molar-refractivity contribution is -0.384. The van der Waals surface area contributed by atoms with E-state index in [1.54, 1.807) is 30.3 Å². The van der Waals surface area contributed by atoms with Crippen molar-refractivity contribution in [3.05, 3.63) is 112 Å². The third-order valence-electron chi connectivity index (χ3n) is 4.05. The Morgan fingerprint density at radius 3 is 2.32 bits per heavy atom. The van der Waals surface area contributed by atoms with Crippen LogP contribution in [0.25, 0.3) is 6.08 Å². The van der Waals surface area contributed by atoms with Gasteiger partial charge in [-0.2, -0.15) is 5.10 Å². The fourth-order valence-corrected chi connectivity index (χ4v) is 2.51. The Kier molecular flexibility index (Phi) is 6.99. The van der Waals surface area contributed by atoms with Gasteiger partial charge in [0.05, 0.1) is 11.1 Å². The van der Waals surface area contributed by atoms with Gasteiger partial charge in [0.15, 0.2) is 0 Å². The van der Waals surface area contributed by atoms with Crippen molar-refractivity contribution in [2.24, 2.45) is 5.10 Å². The third-order valence-corrected chi connectivity index (χ3v) is 4.05. The first-order chi connectivity index (χ1) is 15.0. The number of para-hydroxylation sites is 1. The predicted octanol–water partition coefficient (Wildman–Crippen LogP) is 3.98. The van der Waals surface area contributed by atoms with E-state index in [1.807, 2.05) is 30.3 Å². The Labute approximate surface area is 177 Å². The molecule has 3 aromatic rings. The molecule has 3 aromatic carbocycles. The molecule has 0 aromatic heterocycles. The Balaban J connectivity index is 1.62. The Morgan fingerprint density at radius 1 is 0.935 bits per heavy atom. The first kappa shape index (κ1) is 21.1. The molecule has 0 saturated carbocycles. The highest BCUT2D eigenvalue weighted by molar-refractivity contribution is 5.95. The van der Waals surface area contributed by atoms with E-state index in [1.165, 1.54) is 36.6 Å². The highest BCUT2D eigenvalue weighted by atomic mass is 16.6. The number of carbonyl (C=O) groups is 2.